The molecule has 0 fully saturated rings. The molecule has 0 bridgehead atoms. The van der Waals surface area contributed by atoms with Gasteiger partial charge < -0.3 is 14.7 Å². The summed E-state index contributed by atoms with van der Waals surface area (Å²) in [5, 5.41) is 19.9. The van der Waals surface area contributed by atoms with E-state index < -0.39 is 23.3 Å². The van der Waals surface area contributed by atoms with Gasteiger partial charge in [0.1, 0.15) is 6.54 Å². The van der Waals surface area contributed by atoms with E-state index in [1.807, 2.05) is 0 Å². The summed E-state index contributed by atoms with van der Waals surface area (Å²) in [4.78, 5) is 34.8. The summed E-state index contributed by atoms with van der Waals surface area (Å²) in [6.45, 7) is 4.81. The predicted octanol–water partition coefficient (Wildman–Crippen LogP) is 1.93. The van der Waals surface area contributed by atoms with E-state index in [0.717, 1.165) is 11.0 Å². The fourth-order valence-corrected chi connectivity index (χ4v) is 1.87. The SMILES string of the molecule is CCOc1ccc(C(=O)N(CC(=O)O)C(C)C)cc1[N+](=O)[O-]. The van der Waals surface area contributed by atoms with E-state index in [1.165, 1.54) is 12.1 Å². The highest BCUT2D eigenvalue weighted by atomic mass is 16.6. The molecule has 1 amide bonds. The first-order chi connectivity index (χ1) is 10.3. The van der Waals surface area contributed by atoms with Crippen molar-refractivity contribution in [3.8, 4) is 5.75 Å². The molecule has 0 spiro atoms. The van der Waals surface area contributed by atoms with Crippen molar-refractivity contribution in [2.75, 3.05) is 13.2 Å². The van der Waals surface area contributed by atoms with Crippen LogP contribution < -0.4 is 4.74 Å². The van der Waals surface area contributed by atoms with Crippen LogP contribution in [0.5, 0.6) is 5.75 Å². The molecule has 1 rings (SSSR count). The number of carbonyl (C=O) groups is 2. The van der Waals surface area contributed by atoms with Crippen molar-refractivity contribution in [1.82, 2.24) is 4.90 Å². The van der Waals surface area contributed by atoms with Crippen molar-refractivity contribution in [3.05, 3.63) is 33.9 Å². The molecule has 0 saturated carbocycles. The molecule has 1 aromatic rings. The Kier molecular flexibility index (Phi) is 5.85. The van der Waals surface area contributed by atoms with Gasteiger partial charge in [-0.15, -0.1) is 0 Å². The molecule has 0 aliphatic carbocycles. The molecule has 8 heteroatoms. The number of aliphatic carboxylic acids is 1. The van der Waals surface area contributed by atoms with Crippen molar-refractivity contribution in [2.45, 2.75) is 26.8 Å². The Labute approximate surface area is 127 Å². The second-order valence-electron chi connectivity index (χ2n) is 4.79. The molecule has 0 aliphatic heterocycles. The Morgan fingerprint density at radius 2 is 2.05 bits per heavy atom. The molecule has 22 heavy (non-hydrogen) atoms. The molecular formula is C14H18N2O6. The Morgan fingerprint density at radius 3 is 2.50 bits per heavy atom. The number of carboxylic acids is 1. The number of nitro benzene ring substituents is 1. The highest BCUT2D eigenvalue weighted by Crippen LogP contribution is 2.28. The van der Waals surface area contributed by atoms with Crippen LogP contribution in [0.3, 0.4) is 0 Å². The molecule has 120 valence electrons. The minimum absolute atomic E-state index is 0.0464. The highest BCUT2D eigenvalue weighted by Gasteiger charge is 2.24. The zero-order chi connectivity index (χ0) is 16.9. The third kappa shape index (κ3) is 4.18. The second-order valence-corrected chi connectivity index (χ2v) is 4.79. The fourth-order valence-electron chi connectivity index (χ4n) is 1.87. The van der Waals surface area contributed by atoms with E-state index in [1.54, 1.807) is 20.8 Å². The number of hydrogen-bond donors (Lipinski definition) is 1. The first-order valence-corrected chi connectivity index (χ1v) is 6.71. The van der Waals surface area contributed by atoms with Gasteiger partial charge in [0.25, 0.3) is 5.91 Å². The zero-order valence-corrected chi connectivity index (χ0v) is 12.6. The number of hydrogen-bond acceptors (Lipinski definition) is 5. The van der Waals surface area contributed by atoms with Gasteiger partial charge in [-0.2, -0.15) is 0 Å². The number of carbonyl (C=O) groups excluding carboxylic acids is 1. The number of ether oxygens (including phenoxy) is 1. The van der Waals surface area contributed by atoms with Crippen molar-refractivity contribution in [1.29, 1.82) is 0 Å². The first-order valence-electron chi connectivity index (χ1n) is 6.71. The molecule has 0 aromatic heterocycles. The Morgan fingerprint density at radius 1 is 1.41 bits per heavy atom. The topological polar surface area (TPSA) is 110 Å². The quantitative estimate of drug-likeness (QED) is 0.608. The fraction of sp³-hybridized carbons (Fsp3) is 0.429. The lowest BCUT2D eigenvalue weighted by atomic mass is 10.1. The smallest absolute Gasteiger partial charge is 0.323 e. The maximum Gasteiger partial charge on any atom is 0.323 e. The summed E-state index contributed by atoms with van der Waals surface area (Å²) in [6.07, 6.45) is 0. The van der Waals surface area contributed by atoms with Crippen LogP contribution in [0.15, 0.2) is 18.2 Å². The van der Waals surface area contributed by atoms with Crippen LogP contribution in [0.1, 0.15) is 31.1 Å². The van der Waals surface area contributed by atoms with Crippen LogP contribution in [-0.4, -0.2) is 46.0 Å². The van der Waals surface area contributed by atoms with Crippen LogP contribution in [-0.2, 0) is 4.79 Å². The van der Waals surface area contributed by atoms with E-state index in [4.69, 9.17) is 9.84 Å². The Balaban J connectivity index is 3.19. The molecule has 0 aliphatic rings. The lowest BCUT2D eigenvalue weighted by Gasteiger charge is -2.24. The average Bonchev–Trinajstić information content (AvgIpc) is 2.44. The van der Waals surface area contributed by atoms with Gasteiger partial charge in [0.2, 0.25) is 0 Å². The maximum absolute atomic E-state index is 12.4. The summed E-state index contributed by atoms with van der Waals surface area (Å²) in [5.74, 6) is -1.66. The lowest BCUT2D eigenvalue weighted by molar-refractivity contribution is -0.385. The summed E-state index contributed by atoms with van der Waals surface area (Å²) < 4.78 is 5.14. The van der Waals surface area contributed by atoms with Gasteiger partial charge in [0, 0.05) is 17.7 Å². The normalized spacial score (nSPS) is 10.4. The standard InChI is InChI=1S/C14H18N2O6/c1-4-22-12-6-5-10(7-11(12)16(20)21)14(19)15(9(2)3)8-13(17)18/h5-7,9H,4,8H2,1-3H3,(H,17,18). The first kappa shape index (κ1) is 17.4. The van der Waals surface area contributed by atoms with Crippen molar-refractivity contribution < 1.29 is 24.4 Å². The number of amides is 1. The van der Waals surface area contributed by atoms with E-state index in [2.05, 4.69) is 0 Å². The minimum Gasteiger partial charge on any atom is -0.487 e. The summed E-state index contributed by atoms with van der Waals surface area (Å²) >= 11 is 0. The number of rotatable bonds is 7. The summed E-state index contributed by atoms with van der Waals surface area (Å²) in [6, 6.07) is 3.48. The van der Waals surface area contributed by atoms with Gasteiger partial charge in [-0.25, -0.2) is 0 Å². The highest BCUT2D eigenvalue weighted by molar-refractivity contribution is 5.96. The number of nitro groups is 1. The van der Waals surface area contributed by atoms with Crippen LogP contribution in [0, 0.1) is 10.1 Å². The van der Waals surface area contributed by atoms with Gasteiger partial charge in [0.15, 0.2) is 5.75 Å². The second kappa shape index (κ2) is 7.39. The van der Waals surface area contributed by atoms with Crippen LogP contribution in [0.4, 0.5) is 5.69 Å². The molecule has 8 nitrogen and oxygen atoms in total. The predicted molar refractivity (Wildman–Crippen MR) is 78.1 cm³/mol. The van der Waals surface area contributed by atoms with Gasteiger partial charge in [-0.3, -0.25) is 19.7 Å². The number of carboxylic acid groups (broad SMARTS) is 1. The number of nitrogens with zero attached hydrogens (tertiary/aromatic N) is 2. The third-order valence-electron chi connectivity index (χ3n) is 2.89. The van der Waals surface area contributed by atoms with E-state index >= 15 is 0 Å². The van der Waals surface area contributed by atoms with Gasteiger partial charge in [-0.1, -0.05) is 0 Å². The molecule has 0 heterocycles. The number of benzene rings is 1. The largest absolute Gasteiger partial charge is 0.487 e. The van der Waals surface area contributed by atoms with Crippen molar-refractivity contribution in [3.63, 3.8) is 0 Å². The lowest BCUT2D eigenvalue weighted by Crippen LogP contribution is -2.40. The minimum atomic E-state index is -1.15. The van der Waals surface area contributed by atoms with E-state index in [0.29, 0.717) is 0 Å². The Bertz CT molecular complexity index is 585. The van der Waals surface area contributed by atoms with E-state index in [9.17, 15) is 19.7 Å². The average molecular weight is 310 g/mol. The van der Waals surface area contributed by atoms with Crippen molar-refractivity contribution in [2.24, 2.45) is 0 Å². The molecule has 1 aromatic carbocycles. The van der Waals surface area contributed by atoms with E-state index in [-0.39, 0.29) is 29.6 Å². The van der Waals surface area contributed by atoms with Gasteiger partial charge in [0.05, 0.1) is 11.5 Å². The summed E-state index contributed by atoms with van der Waals surface area (Å²) in [5.41, 5.74) is -0.281. The molecule has 0 atom stereocenters. The summed E-state index contributed by atoms with van der Waals surface area (Å²) in [7, 11) is 0. The molecule has 0 saturated heterocycles. The van der Waals surface area contributed by atoms with Crippen molar-refractivity contribution >= 4 is 17.6 Å². The molecular weight excluding hydrogens is 292 g/mol. The van der Waals surface area contributed by atoms with Crippen LogP contribution >= 0.6 is 0 Å². The monoisotopic (exact) mass is 310 g/mol. The molecule has 0 unspecified atom stereocenters. The van der Waals surface area contributed by atoms with Gasteiger partial charge >= 0.3 is 11.7 Å². The Hall–Kier alpha value is -2.64. The molecule has 1 N–H and O–H groups in total. The zero-order valence-electron chi connectivity index (χ0n) is 12.6. The van der Waals surface area contributed by atoms with Crippen LogP contribution in [0.25, 0.3) is 0 Å². The third-order valence-corrected chi connectivity index (χ3v) is 2.89. The maximum atomic E-state index is 12.4. The molecule has 0 radical (unpaired) electrons. The van der Waals surface area contributed by atoms with Gasteiger partial charge in [-0.05, 0) is 32.9 Å². The van der Waals surface area contributed by atoms with Crippen LogP contribution in [0.2, 0.25) is 0 Å².